The Bertz CT molecular complexity index is 1440. The first-order chi connectivity index (χ1) is 18.1. The lowest BCUT2D eigenvalue weighted by Crippen LogP contribution is -2.52. The second-order valence-corrected chi connectivity index (χ2v) is 14.1. The van der Waals surface area contributed by atoms with Crippen molar-refractivity contribution in [3.8, 4) is 0 Å². The van der Waals surface area contributed by atoms with Gasteiger partial charge in [0, 0.05) is 32.5 Å². The van der Waals surface area contributed by atoms with E-state index in [1.54, 1.807) is 24.3 Å². The van der Waals surface area contributed by atoms with Gasteiger partial charge in [-0.15, -0.1) is 0 Å². The Hall–Kier alpha value is -2.21. The van der Waals surface area contributed by atoms with Crippen molar-refractivity contribution in [1.29, 1.82) is 0 Å². The molecular formula is C22H23Br2ClN4O8S2. The summed E-state index contributed by atoms with van der Waals surface area (Å²) >= 11 is 6.38. The van der Waals surface area contributed by atoms with Crippen molar-refractivity contribution in [2.45, 2.75) is 47.6 Å². The van der Waals surface area contributed by atoms with Crippen molar-refractivity contribution in [2.24, 2.45) is 5.73 Å². The largest absolute Gasteiger partial charge is 0.320 e. The number of piperidine rings is 2. The molecule has 0 saturated carbocycles. The minimum absolute atomic E-state index is 0.0698. The molecule has 0 aliphatic carbocycles. The Balaban J connectivity index is 0.000000226. The van der Waals surface area contributed by atoms with Crippen LogP contribution in [0.25, 0.3) is 0 Å². The number of amides is 4. The summed E-state index contributed by atoms with van der Waals surface area (Å²) < 4.78 is 49.4. The summed E-state index contributed by atoms with van der Waals surface area (Å²) in [6, 6.07) is 10.8. The van der Waals surface area contributed by atoms with Crippen molar-refractivity contribution in [3.63, 3.8) is 0 Å². The number of hydrogen-bond acceptors (Lipinski definition) is 9. The molecule has 2 aliphatic rings. The molecule has 2 fully saturated rings. The quantitative estimate of drug-likeness (QED) is 0.267. The number of halogens is 3. The van der Waals surface area contributed by atoms with Gasteiger partial charge in [0.25, 0.3) is 9.05 Å². The molecule has 2 atom stereocenters. The molecule has 212 valence electrons. The lowest BCUT2D eigenvalue weighted by Gasteiger charge is -2.21. The van der Waals surface area contributed by atoms with Crippen LogP contribution in [0, 0.1) is 0 Å². The zero-order chi connectivity index (χ0) is 29.4. The molecule has 2 heterocycles. The summed E-state index contributed by atoms with van der Waals surface area (Å²) in [5, 5.41) is 4.23. The van der Waals surface area contributed by atoms with Gasteiger partial charge in [-0.1, -0.05) is 31.9 Å². The third-order valence-electron chi connectivity index (χ3n) is 5.04. The first-order valence-electron chi connectivity index (χ1n) is 11.0. The average Bonchev–Trinajstić information content (AvgIpc) is 2.84. The smallest absolute Gasteiger partial charge is 0.261 e. The highest BCUT2D eigenvalue weighted by Crippen LogP contribution is 2.18. The highest BCUT2D eigenvalue weighted by molar-refractivity contribution is 9.10. The molecule has 2 aromatic rings. The second kappa shape index (κ2) is 14.4. The SMILES string of the molecule is NC1CCC(=O)NC1=O.O=C1CCC(NS(=O)(=O)c2ccc(Br)cc2)C(=O)N1.O=S(=O)(Cl)c1ccc(Br)cc1. The fourth-order valence-corrected chi connectivity index (χ4v) is 5.51. The number of benzene rings is 2. The van der Waals surface area contributed by atoms with Crippen molar-refractivity contribution in [3.05, 3.63) is 57.5 Å². The van der Waals surface area contributed by atoms with Crippen molar-refractivity contribution < 1.29 is 36.0 Å². The van der Waals surface area contributed by atoms with Crippen LogP contribution in [0.1, 0.15) is 25.7 Å². The number of nitrogens with one attached hydrogen (secondary N) is 3. The van der Waals surface area contributed by atoms with E-state index in [9.17, 15) is 36.0 Å². The molecule has 12 nitrogen and oxygen atoms in total. The maximum Gasteiger partial charge on any atom is 0.261 e. The van der Waals surface area contributed by atoms with Crippen LogP contribution in [-0.4, -0.2) is 52.5 Å². The Labute approximate surface area is 246 Å². The van der Waals surface area contributed by atoms with Gasteiger partial charge in [0.1, 0.15) is 6.04 Å². The van der Waals surface area contributed by atoms with Crippen LogP contribution < -0.4 is 21.1 Å². The number of imide groups is 2. The van der Waals surface area contributed by atoms with E-state index in [4.69, 9.17) is 16.4 Å². The van der Waals surface area contributed by atoms with Crippen LogP contribution in [0.3, 0.4) is 0 Å². The highest BCUT2D eigenvalue weighted by atomic mass is 79.9. The van der Waals surface area contributed by atoms with Gasteiger partial charge in [0.15, 0.2) is 0 Å². The Kier molecular flexibility index (Phi) is 12.2. The molecule has 17 heteroatoms. The first-order valence-corrected chi connectivity index (χ1v) is 16.4. The summed E-state index contributed by atoms with van der Waals surface area (Å²) in [6.07, 6.45) is 1.14. The van der Waals surface area contributed by atoms with Gasteiger partial charge in [-0.3, -0.25) is 29.8 Å². The van der Waals surface area contributed by atoms with Gasteiger partial charge >= 0.3 is 0 Å². The second-order valence-electron chi connectivity index (χ2n) is 8.03. The molecule has 0 spiro atoms. The molecule has 0 bridgehead atoms. The first kappa shape index (κ1) is 33.0. The van der Waals surface area contributed by atoms with Crippen LogP contribution in [0.15, 0.2) is 67.3 Å². The predicted octanol–water partition coefficient (Wildman–Crippen LogP) is 1.66. The molecular weight excluding hydrogens is 708 g/mol. The van der Waals surface area contributed by atoms with Crippen LogP contribution in [0.5, 0.6) is 0 Å². The minimum atomic E-state index is -3.77. The third kappa shape index (κ3) is 11.1. The van der Waals surface area contributed by atoms with E-state index in [-0.39, 0.29) is 40.4 Å². The van der Waals surface area contributed by atoms with Crippen LogP contribution in [0.4, 0.5) is 0 Å². The normalized spacial score (nSPS) is 19.5. The van der Waals surface area contributed by atoms with Gasteiger partial charge in [0.2, 0.25) is 33.7 Å². The molecule has 0 radical (unpaired) electrons. The number of carbonyl (C=O) groups excluding carboxylic acids is 4. The molecule has 4 rings (SSSR count). The fraction of sp³-hybridized carbons (Fsp3) is 0.273. The molecule has 5 N–H and O–H groups in total. The monoisotopic (exact) mass is 728 g/mol. The number of nitrogens with two attached hydrogens (primary N) is 1. The number of rotatable bonds is 4. The Morgan fingerprint density at radius 2 is 1.18 bits per heavy atom. The highest BCUT2D eigenvalue weighted by Gasteiger charge is 2.30. The average molecular weight is 731 g/mol. The fourth-order valence-electron chi connectivity index (χ4n) is 2.98. The van der Waals surface area contributed by atoms with Gasteiger partial charge in [-0.2, -0.15) is 4.72 Å². The van der Waals surface area contributed by atoms with E-state index in [2.05, 4.69) is 47.2 Å². The lowest BCUT2D eigenvalue weighted by molar-refractivity contribution is -0.135. The summed E-state index contributed by atoms with van der Waals surface area (Å²) in [5.41, 5.74) is 5.28. The summed E-state index contributed by atoms with van der Waals surface area (Å²) in [5.74, 6) is -1.58. The van der Waals surface area contributed by atoms with Crippen LogP contribution in [-0.2, 0) is 38.3 Å². The zero-order valence-corrected chi connectivity index (χ0v) is 25.5. The lowest BCUT2D eigenvalue weighted by atomic mass is 10.1. The Morgan fingerprint density at radius 3 is 1.59 bits per heavy atom. The van der Waals surface area contributed by atoms with E-state index < -0.39 is 37.1 Å². The van der Waals surface area contributed by atoms with Crippen molar-refractivity contribution in [1.82, 2.24) is 15.4 Å². The summed E-state index contributed by atoms with van der Waals surface area (Å²) in [6.45, 7) is 0. The molecule has 0 aromatic heterocycles. The van der Waals surface area contributed by atoms with E-state index in [1.165, 1.54) is 24.3 Å². The number of hydrogen-bond donors (Lipinski definition) is 4. The number of carbonyl (C=O) groups is 4. The number of sulfonamides is 1. The van der Waals surface area contributed by atoms with Crippen LogP contribution >= 0.6 is 42.5 Å². The molecule has 39 heavy (non-hydrogen) atoms. The molecule has 2 unspecified atom stereocenters. The topological polar surface area (TPSA) is 199 Å². The van der Waals surface area contributed by atoms with Gasteiger partial charge in [0.05, 0.1) is 15.8 Å². The maximum atomic E-state index is 12.0. The van der Waals surface area contributed by atoms with E-state index in [1.807, 2.05) is 0 Å². The maximum absolute atomic E-state index is 12.0. The molecule has 4 amide bonds. The van der Waals surface area contributed by atoms with E-state index in [0.29, 0.717) is 12.8 Å². The minimum Gasteiger partial charge on any atom is -0.320 e. The van der Waals surface area contributed by atoms with Gasteiger partial charge < -0.3 is 5.73 Å². The van der Waals surface area contributed by atoms with Gasteiger partial charge in [-0.05, 0) is 61.4 Å². The molecule has 2 saturated heterocycles. The zero-order valence-electron chi connectivity index (χ0n) is 19.9. The molecule has 2 aromatic carbocycles. The van der Waals surface area contributed by atoms with Crippen molar-refractivity contribution >= 4 is 85.2 Å². The van der Waals surface area contributed by atoms with Crippen LogP contribution in [0.2, 0.25) is 0 Å². The predicted molar refractivity (Wildman–Crippen MR) is 148 cm³/mol. The third-order valence-corrected chi connectivity index (χ3v) is 8.95. The molecule has 2 aliphatic heterocycles. The van der Waals surface area contributed by atoms with E-state index in [0.717, 1.165) is 8.95 Å². The Morgan fingerprint density at radius 1 is 0.744 bits per heavy atom. The summed E-state index contributed by atoms with van der Waals surface area (Å²) in [7, 11) is -2.27. The van der Waals surface area contributed by atoms with Crippen molar-refractivity contribution in [2.75, 3.05) is 0 Å². The van der Waals surface area contributed by atoms with Gasteiger partial charge in [-0.25, -0.2) is 16.8 Å². The summed E-state index contributed by atoms with van der Waals surface area (Å²) in [4.78, 5) is 43.6. The standard InChI is InChI=1S/C11H11BrN2O4S.C6H4BrClO2S.C5H8N2O2/c12-7-1-3-8(4-2-7)19(17,18)14-9-5-6-10(15)13-11(9)16;7-5-1-3-6(4-2-5)11(8,9)10;6-3-1-2-4(8)7-5(3)9/h1-4,9,14H,5-6H2,(H,13,15,16);1-4H;3H,1-2,6H2,(H,7,8,9). The van der Waals surface area contributed by atoms with E-state index >= 15 is 0 Å².